The molecule has 0 fully saturated rings. The molecule has 3 radical (unpaired) electrons. The van der Waals surface area contributed by atoms with Gasteiger partial charge >= 0.3 is 0 Å². The third-order valence-electron chi connectivity index (χ3n) is 5.34. The van der Waals surface area contributed by atoms with Crippen LogP contribution in [0.1, 0.15) is 0 Å². The Morgan fingerprint density at radius 1 is 0.333 bits per heavy atom. The van der Waals surface area contributed by atoms with Crippen LogP contribution >= 0.6 is 0 Å². The number of nitrogens with zero attached hydrogens (tertiary/aromatic N) is 2. The van der Waals surface area contributed by atoms with E-state index >= 15 is 0 Å². The SMILES string of the molecule is [In].c1ccc(-c2ccc3ccccc3n2)cc1.c1ccc(-c2ccc3ccccc3n2)cc1. The second-order valence-corrected chi connectivity index (χ2v) is 7.51. The largest absolute Gasteiger partial charge is 0.248 e. The summed E-state index contributed by atoms with van der Waals surface area (Å²) in [7, 11) is 0. The minimum absolute atomic E-state index is 0. The molecule has 3 heteroatoms. The number of fused-ring (bicyclic) bond motifs is 2. The van der Waals surface area contributed by atoms with Crippen LogP contribution in [0, 0.1) is 0 Å². The topological polar surface area (TPSA) is 25.8 Å². The van der Waals surface area contributed by atoms with Crippen LogP contribution in [0.15, 0.2) is 133 Å². The summed E-state index contributed by atoms with van der Waals surface area (Å²) >= 11 is 0. The molecule has 0 aliphatic carbocycles. The molecule has 0 bridgehead atoms. The number of hydrogen-bond acceptors (Lipinski definition) is 2. The van der Waals surface area contributed by atoms with Gasteiger partial charge in [-0.2, -0.15) is 0 Å². The van der Waals surface area contributed by atoms with E-state index in [2.05, 4.69) is 70.6 Å². The van der Waals surface area contributed by atoms with Gasteiger partial charge in [0.1, 0.15) is 0 Å². The van der Waals surface area contributed by atoms with Crippen molar-refractivity contribution in [2.45, 2.75) is 0 Å². The summed E-state index contributed by atoms with van der Waals surface area (Å²) in [6, 6.07) is 45.2. The monoisotopic (exact) mass is 525 g/mol. The van der Waals surface area contributed by atoms with E-state index in [-0.39, 0.29) is 25.8 Å². The summed E-state index contributed by atoms with van der Waals surface area (Å²) in [6.07, 6.45) is 0. The van der Waals surface area contributed by atoms with Crippen molar-refractivity contribution in [1.82, 2.24) is 9.97 Å². The first-order valence-electron chi connectivity index (χ1n) is 10.7. The molecule has 0 spiro atoms. The summed E-state index contributed by atoms with van der Waals surface area (Å²) in [5.41, 5.74) is 6.47. The molecule has 0 aliphatic rings. The van der Waals surface area contributed by atoms with Gasteiger partial charge in [-0.1, -0.05) is 109 Å². The Kier molecular flexibility index (Phi) is 7.54. The van der Waals surface area contributed by atoms with Crippen molar-refractivity contribution < 1.29 is 0 Å². The van der Waals surface area contributed by atoms with Crippen molar-refractivity contribution in [3.63, 3.8) is 0 Å². The van der Waals surface area contributed by atoms with Crippen LogP contribution in [-0.4, -0.2) is 35.8 Å². The van der Waals surface area contributed by atoms with Crippen molar-refractivity contribution in [2.24, 2.45) is 0 Å². The second-order valence-electron chi connectivity index (χ2n) is 7.51. The van der Waals surface area contributed by atoms with Gasteiger partial charge in [0.2, 0.25) is 0 Å². The molecular formula is C30H22InN2. The van der Waals surface area contributed by atoms with E-state index in [4.69, 9.17) is 0 Å². The van der Waals surface area contributed by atoms with Gasteiger partial charge in [-0.05, 0) is 24.3 Å². The standard InChI is InChI=1S/2C15H11N.In/c2*1-2-6-12(7-3-1)15-11-10-13-8-4-5-9-14(13)16-15;/h2*1-11H;. The van der Waals surface area contributed by atoms with Gasteiger partial charge in [0.05, 0.1) is 22.4 Å². The van der Waals surface area contributed by atoms with Crippen LogP contribution in [0.4, 0.5) is 0 Å². The molecule has 0 amide bonds. The number of aromatic nitrogens is 2. The molecule has 0 aliphatic heterocycles. The van der Waals surface area contributed by atoms with Gasteiger partial charge in [-0.15, -0.1) is 0 Å². The van der Waals surface area contributed by atoms with Crippen molar-refractivity contribution >= 4 is 47.6 Å². The first-order valence-corrected chi connectivity index (χ1v) is 10.7. The fraction of sp³-hybridized carbons (Fsp3) is 0. The van der Waals surface area contributed by atoms with Gasteiger partial charge < -0.3 is 0 Å². The molecule has 6 rings (SSSR count). The van der Waals surface area contributed by atoms with Crippen LogP contribution in [-0.2, 0) is 0 Å². The van der Waals surface area contributed by atoms with Crippen LogP contribution in [0.2, 0.25) is 0 Å². The summed E-state index contributed by atoms with van der Waals surface area (Å²) < 4.78 is 0. The van der Waals surface area contributed by atoms with Gasteiger partial charge in [0.15, 0.2) is 0 Å². The predicted molar refractivity (Wildman–Crippen MR) is 140 cm³/mol. The second kappa shape index (κ2) is 10.9. The summed E-state index contributed by atoms with van der Waals surface area (Å²) in [4.78, 5) is 9.29. The van der Waals surface area contributed by atoms with E-state index in [1.807, 2.05) is 72.8 Å². The molecule has 2 aromatic heterocycles. The zero-order valence-electron chi connectivity index (χ0n) is 18.2. The maximum atomic E-state index is 4.65. The Morgan fingerprint density at radius 3 is 1.12 bits per heavy atom. The third kappa shape index (κ3) is 5.50. The molecule has 2 heterocycles. The molecule has 155 valence electrons. The average Bonchev–Trinajstić information content (AvgIpc) is 2.89. The van der Waals surface area contributed by atoms with Crippen LogP contribution < -0.4 is 0 Å². The molecule has 0 unspecified atom stereocenters. The van der Waals surface area contributed by atoms with Crippen molar-refractivity contribution in [1.29, 1.82) is 0 Å². The smallest absolute Gasteiger partial charge is 0.0709 e. The number of benzene rings is 4. The molecule has 0 saturated carbocycles. The summed E-state index contributed by atoms with van der Waals surface area (Å²) in [5, 5.41) is 2.37. The van der Waals surface area contributed by atoms with Gasteiger partial charge in [-0.25, -0.2) is 9.97 Å². The van der Waals surface area contributed by atoms with Crippen LogP contribution in [0.25, 0.3) is 44.3 Å². The third-order valence-corrected chi connectivity index (χ3v) is 5.34. The predicted octanol–water partition coefficient (Wildman–Crippen LogP) is 7.42. The van der Waals surface area contributed by atoms with Crippen LogP contribution in [0.5, 0.6) is 0 Å². The number of rotatable bonds is 2. The molecule has 0 N–H and O–H groups in total. The van der Waals surface area contributed by atoms with Crippen molar-refractivity contribution in [2.75, 3.05) is 0 Å². The molecule has 2 nitrogen and oxygen atoms in total. The Balaban J connectivity index is 0.000000152. The number of para-hydroxylation sites is 2. The Hall–Kier alpha value is -3.43. The Morgan fingerprint density at radius 2 is 0.697 bits per heavy atom. The first kappa shape index (κ1) is 22.8. The maximum Gasteiger partial charge on any atom is 0.0709 e. The van der Waals surface area contributed by atoms with Gasteiger partial charge in [-0.3, -0.25) is 0 Å². The zero-order valence-corrected chi connectivity index (χ0v) is 21.5. The fourth-order valence-electron chi connectivity index (χ4n) is 3.67. The zero-order chi connectivity index (χ0) is 21.6. The van der Waals surface area contributed by atoms with E-state index in [0.29, 0.717) is 0 Å². The molecule has 4 aromatic carbocycles. The molecule has 0 saturated heterocycles. The minimum Gasteiger partial charge on any atom is -0.248 e. The molecule has 6 aromatic rings. The number of hydrogen-bond donors (Lipinski definition) is 0. The quantitative estimate of drug-likeness (QED) is 0.235. The molecule has 0 atom stereocenters. The summed E-state index contributed by atoms with van der Waals surface area (Å²) in [6.45, 7) is 0. The fourth-order valence-corrected chi connectivity index (χ4v) is 3.67. The van der Waals surface area contributed by atoms with Crippen molar-refractivity contribution in [3.8, 4) is 22.5 Å². The van der Waals surface area contributed by atoms with E-state index < -0.39 is 0 Å². The number of pyridine rings is 2. The van der Waals surface area contributed by atoms with Crippen molar-refractivity contribution in [3.05, 3.63) is 133 Å². The first-order chi connectivity index (χ1) is 15.9. The minimum atomic E-state index is 0. The van der Waals surface area contributed by atoms with Crippen LogP contribution in [0.3, 0.4) is 0 Å². The Bertz CT molecular complexity index is 1350. The van der Waals surface area contributed by atoms with E-state index in [0.717, 1.165) is 33.5 Å². The van der Waals surface area contributed by atoms with Gasteiger partial charge in [0.25, 0.3) is 0 Å². The summed E-state index contributed by atoms with van der Waals surface area (Å²) in [5.74, 6) is 0. The van der Waals surface area contributed by atoms with E-state index in [9.17, 15) is 0 Å². The Labute approximate surface area is 212 Å². The molecule has 33 heavy (non-hydrogen) atoms. The average molecular weight is 525 g/mol. The van der Waals surface area contributed by atoms with Gasteiger partial charge in [0, 0.05) is 47.7 Å². The molecular weight excluding hydrogens is 503 g/mol. The van der Waals surface area contributed by atoms with E-state index in [1.165, 1.54) is 10.8 Å². The normalized spacial score (nSPS) is 10.2. The maximum absolute atomic E-state index is 4.65. The van der Waals surface area contributed by atoms with E-state index in [1.54, 1.807) is 0 Å².